The van der Waals surface area contributed by atoms with Crippen molar-refractivity contribution in [1.82, 2.24) is 10.2 Å². The van der Waals surface area contributed by atoms with Crippen LogP contribution in [0.2, 0.25) is 10.0 Å². The summed E-state index contributed by atoms with van der Waals surface area (Å²) in [5, 5.41) is 3.51. The van der Waals surface area contributed by atoms with E-state index >= 15 is 0 Å². The first-order valence-electron chi connectivity index (χ1n) is 12.1. The molecule has 0 unspecified atom stereocenters. The third-order valence-electron chi connectivity index (χ3n) is 6.23. The quantitative estimate of drug-likeness (QED) is 0.352. The van der Waals surface area contributed by atoms with Gasteiger partial charge in [-0.3, -0.25) is 13.9 Å². The molecule has 0 spiro atoms. The van der Waals surface area contributed by atoms with E-state index in [1.807, 2.05) is 6.92 Å². The van der Waals surface area contributed by atoms with Crippen LogP contribution >= 0.6 is 23.2 Å². The SMILES string of the molecule is CC[C@@H](C(=O)NC)N(Cc1ccc(Cl)cc1)C(=O)CN(c1ccc(C)c(Cl)c1)S(=O)(=O)c1ccc(C)cc1. The van der Waals surface area contributed by atoms with E-state index < -0.39 is 28.5 Å². The first kappa shape index (κ1) is 29.5. The van der Waals surface area contributed by atoms with Crippen molar-refractivity contribution in [1.29, 1.82) is 0 Å². The van der Waals surface area contributed by atoms with E-state index in [2.05, 4.69) is 5.32 Å². The molecule has 0 saturated heterocycles. The first-order chi connectivity index (χ1) is 18.0. The Hall–Kier alpha value is -3.07. The summed E-state index contributed by atoms with van der Waals surface area (Å²) in [5.41, 5.74) is 2.66. The largest absolute Gasteiger partial charge is 0.357 e. The Morgan fingerprint density at radius 3 is 2.13 bits per heavy atom. The van der Waals surface area contributed by atoms with E-state index in [1.54, 1.807) is 62.4 Å². The topological polar surface area (TPSA) is 86.8 Å². The van der Waals surface area contributed by atoms with Crippen LogP contribution in [0.1, 0.15) is 30.0 Å². The van der Waals surface area contributed by atoms with Crippen LogP contribution in [0.5, 0.6) is 0 Å². The highest BCUT2D eigenvalue weighted by atomic mass is 35.5. The van der Waals surface area contributed by atoms with Gasteiger partial charge >= 0.3 is 0 Å². The van der Waals surface area contributed by atoms with Crippen molar-refractivity contribution in [3.63, 3.8) is 0 Å². The van der Waals surface area contributed by atoms with Crippen molar-refractivity contribution < 1.29 is 18.0 Å². The van der Waals surface area contributed by atoms with Crippen molar-refractivity contribution >= 4 is 50.7 Å². The monoisotopic (exact) mass is 575 g/mol. The molecule has 0 bridgehead atoms. The normalized spacial score (nSPS) is 12.1. The number of rotatable bonds is 10. The second-order valence-electron chi connectivity index (χ2n) is 8.94. The zero-order valence-corrected chi connectivity index (χ0v) is 24.1. The number of anilines is 1. The van der Waals surface area contributed by atoms with Crippen molar-refractivity contribution in [3.8, 4) is 0 Å². The molecule has 10 heteroatoms. The third-order valence-corrected chi connectivity index (χ3v) is 8.68. The number of hydrogen-bond donors (Lipinski definition) is 1. The number of nitrogens with zero attached hydrogens (tertiary/aromatic N) is 2. The van der Waals surface area contributed by atoms with Crippen LogP contribution < -0.4 is 9.62 Å². The maximum absolute atomic E-state index is 13.9. The predicted molar refractivity (Wildman–Crippen MR) is 152 cm³/mol. The Bertz CT molecular complexity index is 1390. The number of sulfonamides is 1. The fourth-order valence-electron chi connectivity index (χ4n) is 3.98. The van der Waals surface area contributed by atoms with Gasteiger partial charge in [-0.2, -0.15) is 0 Å². The summed E-state index contributed by atoms with van der Waals surface area (Å²) in [6.07, 6.45) is 0.333. The fraction of sp³-hybridized carbons (Fsp3) is 0.286. The summed E-state index contributed by atoms with van der Waals surface area (Å²) in [4.78, 5) is 28.1. The Labute approximate surface area is 234 Å². The number of carbonyl (C=O) groups excluding carboxylic acids is 2. The Balaban J connectivity index is 2.08. The number of carbonyl (C=O) groups is 2. The number of nitrogens with one attached hydrogen (secondary N) is 1. The Morgan fingerprint density at radius 2 is 1.58 bits per heavy atom. The second kappa shape index (κ2) is 12.7. The Kier molecular flexibility index (Phi) is 9.82. The highest BCUT2D eigenvalue weighted by Gasteiger charge is 2.33. The molecule has 3 rings (SSSR count). The number of amides is 2. The minimum Gasteiger partial charge on any atom is -0.357 e. The minimum atomic E-state index is -4.16. The van der Waals surface area contributed by atoms with Gasteiger partial charge in [0.25, 0.3) is 10.0 Å². The van der Waals surface area contributed by atoms with Crippen LogP contribution in [0, 0.1) is 13.8 Å². The van der Waals surface area contributed by atoms with Crippen molar-refractivity contribution in [2.45, 2.75) is 44.7 Å². The van der Waals surface area contributed by atoms with Crippen molar-refractivity contribution in [3.05, 3.63) is 93.5 Å². The number of hydrogen-bond acceptors (Lipinski definition) is 4. The number of likely N-dealkylation sites (N-methyl/N-ethyl adjacent to an activating group) is 1. The molecule has 1 atom stereocenters. The summed E-state index contributed by atoms with van der Waals surface area (Å²) in [6, 6.07) is 17.3. The lowest BCUT2D eigenvalue weighted by Crippen LogP contribution is -2.51. The van der Waals surface area contributed by atoms with Crippen LogP contribution in [-0.2, 0) is 26.2 Å². The molecule has 38 heavy (non-hydrogen) atoms. The van der Waals surface area contributed by atoms with E-state index in [0.29, 0.717) is 16.5 Å². The smallest absolute Gasteiger partial charge is 0.264 e. The van der Waals surface area contributed by atoms with Gasteiger partial charge in [0.05, 0.1) is 10.6 Å². The van der Waals surface area contributed by atoms with E-state index in [4.69, 9.17) is 23.2 Å². The molecule has 3 aromatic carbocycles. The van der Waals surface area contributed by atoms with Gasteiger partial charge in [-0.25, -0.2) is 8.42 Å². The summed E-state index contributed by atoms with van der Waals surface area (Å²) in [5.74, 6) is -0.885. The average Bonchev–Trinajstić information content (AvgIpc) is 2.89. The lowest BCUT2D eigenvalue weighted by atomic mass is 10.1. The van der Waals surface area contributed by atoms with Gasteiger partial charge in [-0.15, -0.1) is 0 Å². The summed E-state index contributed by atoms with van der Waals surface area (Å²) in [7, 11) is -2.66. The lowest BCUT2D eigenvalue weighted by Gasteiger charge is -2.33. The van der Waals surface area contributed by atoms with Gasteiger partial charge in [0.1, 0.15) is 12.6 Å². The van der Waals surface area contributed by atoms with E-state index in [-0.39, 0.29) is 23.0 Å². The number of aryl methyl sites for hydroxylation is 2. The molecule has 3 aromatic rings. The van der Waals surface area contributed by atoms with Gasteiger partial charge in [-0.1, -0.05) is 66.0 Å². The zero-order chi connectivity index (χ0) is 28.0. The molecule has 1 N–H and O–H groups in total. The predicted octanol–water partition coefficient (Wildman–Crippen LogP) is 5.36. The standard InChI is InChI=1S/C28H31Cl2N3O4S/c1-5-26(28(35)31-4)32(17-21-9-11-22(29)12-10-21)27(34)18-33(23-13-8-20(3)25(30)16-23)38(36,37)24-14-6-19(2)7-15-24/h6-16,26H,5,17-18H2,1-4H3,(H,31,35)/t26-/m0/s1. The van der Waals surface area contributed by atoms with Crippen LogP contribution in [0.4, 0.5) is 5.69 Å². The molecule has 0 aromatic heterocycles. The number of benzene rings is 3. The maximum Gasteiger partial charge on any atom is 0.264 e. The molecule has 0 heterocycles. The van der Waals surface area contributed by atoms with E-state index in [0.717, 1.165) is 21.0 Å². The second-order valence-corrected chi connectivity index (χ2v) is 11.7. The molecule has 0 aliphatic rings. The lowest BCUT2D eigenvalue weighted by molar-refractivity contribution is -0.140. The fourth-order valence-corrected chi connectivity index (χ4v) is 5.68. The highest BCUT2D eigenvalue weighted by molar-refractivity contribution is 7.92. The van der Waals surface area contributed by atoms with Crippen LogP contribution in [-0.4, -0.2) is 44.8 Å². The van der Waals surface area contributed by atoms with Crippen LogP contribution in [0.25, 0.3) is 0 Å². The molecule has 0 aliphatic heterocycles. The zero-order valence-electron chi connectivity index (χ0n) is 21.7. The van der Waals surface area contributed by atoms with Gasteiger partial charge in [0.15, 0.2) is 0 Å². The average molecular weight is 577 g/mol. The van der Waals surface area contributed by atoms with Crippen LogP contribution in [0.15, 0.2) is 71.6 Å². The summed E-state index contributed by atoms with van der Waals surface area (Å²) >= 11 is 12.4. The molecule has 0 aliphatic carbocycles. The molecule has 0 fully saturated rings. The molecular weight excluding hydrogens is 545 g/mol. The molecule has 0 radical (unpaired) electrons. The van der Waals surface area contributed by atoms with Crippen molar-refractivity contribution in [2.75, 3.05) is 17.9 Å². The molecular formula is C28H31Cl2N3O4S. The Morgan fingerprint density at radius 1 is 0.947 bits per heavy atom. The maximum atomic E-state index is 13.9. The van der Waals surface area contributed by atoms with Crippen molar-refractivity contribution in [2.24, 2.45) is 0 Å². The first-order valence-corrected chi connectivity index (χ1v) is 14.3. The minimum absolute atomic E-state index is 0.0372. The third kappa shape index (κ3) is 6.87. The summed E-state index contributed by atoms with van der Waals surface area (Å²) in [6.45, 7) is 5.02. The van der Waals surface area contributed by atoms with E-state index in [1.165, 1.54) is 30.1 Å². The van der Waals surface area contributed by atoms with Crippen LogP contribution in [0.3, 0.4) is 0 Å². The van der Waals surface area contributed by atoms with Gasteiger partial charge in [-0.05, 0) is 67.8 Å². The molecule has 7 nitrogen and oxygen atoms in total. The number of halogens is 2. The molecule has 202 valence electrons. The van der Waals surface area contributed by atoms with Gasteiger partial charge in [0, 0.05) is 23.6 Å². The van der Waals surface area contributed by atoms with E-state index in [9.17, 15) is 18.0 Å². The molecule has 0 saturated carbocycles. The highest BCUT2D eigenvalue weighted by Crippen LogP contribution is 2.29. The van der Waals surface area contributed by atoms with Gasteiger partial charge in [0.2, 0.25) is 11.8 Å². The summed E-state index contributed by atoms with van der Waals surface area (Å²) < 4.78 is 28.7. The van der Waals surface area contributed by atoms with Gasteiger partial charge < -0.3 is 10.2 Å². The molecule has 2 amide bonds.